The molecular formula is C18H24N4O3S2. The van der Waals surface area contributed by atoms with Crippen LogP contribution in [0.25, 0.3) is 10.2 Å². The first-order chi connectivity index (χ1) is 13.0. The van der Waals surface area contributed by atoms with Crippen LogP contribution in [0.15, 0.2) is 9.95 Å². The van der Waals surface area contributed by atoms with Gasteiger partial charge in [-0.15, -0.1) is 11.3 Å². The Labute approximate surface area is 165 Å². The molecular weight excluding hydrogens is 384 g/mol. The van der Waals surface area contributed by atoms with Crippen LogP contribution >= 0.6 is 23.1 Å². The highest BCUT2D eigenvalue weighted by molar-refractivity contribution is 7.99. The van der Waals surface area contributed by atoms with E-state index in [1.807, 2.05) is 5.32 Å². The van der Waals surface area contributed by atoms with E-state index < -0.39 is 11.9 Å². The van der Waals surface area contributed by atoms with Crippen molar-refractivity contribution in [2.75, 3.05) is 5.75 Å². The van der Waals surface area contributed by atoms with Crippen molar-refractivity contribution >= 4 is 45.3 Å². The topological polar surface area (TPSA) is 107 Å². The quantitative estimate of drug-likeness (QED) is 0.397. The van der Waals surface area contributed by atoms with Gasteiger partial charge in [-0.25, -0.2) is 9.78 Å². The fourth-order valence-corrected chi connectivity index (χ4v) is 5.49. The van der Waals surface area contributed by atoms with Crippen molar-refractivity contribution in [3.63, 3.8) is 0 Å². The lowest BCUT2D eigenvalue weighted by molar-refractivity contribution is -0.117. The number of urea groups is 1. The molecule has 27 heavy (non-hydrogen) atoms. The largest absolute Gasteiger partial charge is 0.351 e. The van der Waals surface area contributed by atoms with Crippen molar-refractivity contribution in [3.8, 4) is 0 Å². The van der Waals surface area contributed by atoms with Gasteiger partial charge >= 0.3 is 6.03 Å². The lowest BCUT2D eigenvalue weighted by Crippen LogP contribution is -2.36. The number of nitrogens with two attached hydrogens (primary N) is 1. The summed E-state index contributed by atoms with van der Waals surface area (Å²) in [6.07, 6.45) is 7.24. The molecule has 1 aliphatic rings. The van der Waals surface area contributed by atoms with Crippen LogP contribution in [0.1, 0.15) is 49.5 Å². The van der Waals surface area contributed by atoms with E-state index in [1.165, 1.54) is 16.6 Å². The first kappa shape index (κ1) is 19.9. The second-order valence-corrected chi connectivity index (χ2v) is 8.68. The standard InChI is InChI=1S/C18H24N4O3S2/c1-2-3-4-5-9-22-16(24)14-11-7-6-8-12(11)27-15(14)21-18(22)26-10-13(23)20-17(19)25/h2-10H2,1H3,(H3,19,20,23,25). The van der Waals surface area contributed by atoms with Gasteiger partial charge in [0.1, 0.15) is 4.83 Å². The third-order valence-electron chi connectivity index (χ3n) is 4.62. The van der Waals surface area contributed by atoms with Gasteiger partial charge in [0, 0.05) is 11.4 Å². The fraction of sp³-hybridized carbons (Fsp3) is 0.556. The Hall–Kier alpha value is -1.87. The highest BCUT2D eigenvalue weighted by Crippen LogP contribution is 2.35. The van der Waals surface area contributed by atoms with E-state index in [0.29, 0.717) is 11.7 Å². The van der Waals surface area contributed by atoms with Crippen LogP contribution in [0.3, 0.4) is 0 Å². The number of primary amides is 1. The highest BCUT2D eigenvalue weighted by Gasteiger charge is 2.23. The summed E-state index contributed by atoms with van der Waals surface area (Å²) in [6, 6.07) is -0.879. The molecule has 3 N–H and O–H groups in total. The van der Waals surface area contributed by atoms with Gasteiger partial charge in [0.25, 0.3) is 5.56 Å². The number of nitrogens with zero attached hydrogens (tertiary/aromatic N) is 2. The Morgan fingerprint density at radius 2 is 2.11 bits per heavy atom. The predicted molar refractivity (Wildman–Crippen MR) is 108 cm³/mol. The minimum absolute atomic E-state index is 0.00583. The van der Waals surface area contributed by atoms with Crippen LogP contribution in [0.4, 0.5) is 4.79 Å². The second kappa shape index (κ2) is 8.88. The summed E-state index contributed by atoms with van der Waals surface area (Å²) in [4.78, 5) is 42.5. The second-order valence-electron chi connectivity index (χ2n) is 6.65. The van der Waals surface area contributed by atoms with Crippen molar-refractivity contribution in [1.29, 1.82) is 0 Å². The SMILES string of the molecule is CCCCCCn1c(SCC(=O)NC(N)=O)nc2sc3c(c2c1=O)CCC3. The molecule has 3 rings (SSSR count). The number of aryl methyl sites for hydroxylation is 2. The zero-order valence-corrected chi connectivity index (χ0v) is 17.0. The maximum Gasteiger partial charge on any atom is 0.318 e. The Bertz CT molecular complexity index is 919. The summed E-state index contributed by atoms with van der Waals surface area (Å²) < 4.78 is 1.70. The summed E-state index contributed by atoms with van der Waals surface area (Å²) in [5.74, 6) is -0.506. The number of carbonyl (C=O) groups excluding carboxylic acids is 2. The molecule has 0 saturated carbocycles. The smallest absolute Gasteiger partial charge is 0.318 e. The molecule has 3 amide bonds. The van der Waals surface area contributed by atoms with E-state index in [1.54, 1.807) is 15.9 Å². The van der Waals surface area contributed by atoms with Gasteiger partial charge in [0.2, 0.25) is 5.91 Å². The minimum Gasteiger partial charge on any atom is -0.351 e. The maximum atomic E-state index is 13.2. The van der Waals surface area contributed by atoms with Crippen molar-refractivity contribution in [2.24, 2.45) is 5.73 Å². The Morgan fingerprint density at radius 3 is 2.85 bits per heavy atom. The lowest BCUT2D eigenvalue weighted by Gasteiger charge is -2.12. The number of fused-ring (bicyclic) bond motifs is 3. The van der Waals surface area contributed by atoms with Gasteiger partial charge in [-0.05, 0) is 31.2 Å². The number of thiophene rings is 1. The molecule has 2 aromatic heterocycles. The van der Waals surface area contributed by atoms with Crippen LogP contribution in [-0.4, -0.2) is 27.2 Å². The average Bonchev–Trinajstić information content (AvgIpc) is 3.18. The third-order valence-corrected chi connectivity index (χ3v) is 6.78. The number of aromatic nitrogens is 2. The molecule has 0 atom stereocenters. The number of nitrogens with one attached hydrogen (secondary N) is 1. The van der Waals surface area contributed by atoms with Gasteiger partial charge in [-0.3, -0.25) is 19.5 Å². The van der Waals surface area contributed by atoms with Crippen LogP contribution in [0.5, 0.6) is 0 Å². The number of hydrogen-bond acceptors (Lipinski definition) is 6. The molecule has 2 aromatic rings. The molecule has 0 spiro atoms. The summed E-state index contributed by atoms with van der Waals surface area (Å²) in [7, 11) is 0. The summed E-state index contributed by atoms with van der Waals surface area (Å²) in [6.45, 7) is 2.74. The molecule has 0 bridgehead atoms. The number of thioether (sulfide) groups is 1. The number of carbonyl (C=O) groups is 2. The molecule has 0 saturated heterocycles. The van der Waals surface area contributed by atoms with E-state index in [0.717, 1.165) is 60.7 Å². The number of amides is 3. The Kier molecular flexibility index (Phi) is 6.54. The number of unbranched alkanes of at least 4 members (excludes halogenated alkanes) is 3. The van der Waals surface area contributed by atoms with E-state index in [9.17, 15) is 14.4 Å². The molecule has 146 valence electrons. The molecule has 7 nitrogen and oxygen atoms in total. The normalized spacial score (nSPS) is 13.1. The Morgan fingerprint density at radius 1 is 1.30 bits per heavy atom. The van der Waals surface area contributed by atoms with Crippen molar-refractivity contribution < 1.29 is 9.59 Å². The van der Waals surface area contributed by atoms with Crippen LogP contribution in [0, 0.1) is 0 Å². The zero-order valence-electron chi connectivity index (χ0n) is 15.4. The summed E-state index contributed by atoms with van der Waals surface area (Å²) in [5, 5.41) is 3.33. The number of rotatable bonds is 8. The summed E-state index contributed by atoms with van der Waals surface area (Å²) in [5.41, 5.74) is 6.14. The fourth-order valence-electron chi connectivity index (χ4n) is 3.37. The average molecular weight is 409 g/mol. The van der Waals surface area contributed by atoms with E-state index in [4.69, 9.17) is 10.7 Å². The van der Waals surface area contributed by atoms with Crippen LogP contribution < -0.4 is 16.6 Å². The molecule has 2 heterocycles. The first-order valence-corrected chi connectivity index (χ1v) is 11.1. The highest BCUT2D eigenvalue weighted by atomic mass is 32.2. The van der Waals surface area contributed by atoms with Crippen LogP contribution in [0.2, 0.25) is 0 Å². The molecule has 0 aliphatic heterocycles. The van der Waals surface area contributed by atoms with Crippen molar-refractivity contribution in [1.82, 2.24) is 14.9 Å². The minimum atomic E-state index is -0.879. The Balaban J connectivity index is 1.90. The number of hydrogen-bond donors (Lipinski definition) is 2. The first-order valence-electron chi connectivity index (χ1n) is 9.28. The van der Waals surface area contributed by atoms with Crippen LogP contribution in [-0.2, 0) is 24.2 Å². The molecule has 9 heteroatoms. The van der Waals surface area contributed by atoms with Gasteiger partial charge in [-0.1, -0.05) is 37.9 Å². The molecule has 0 aromatic carbocycles. The van der Waals surface area contributed by atoms with Gasteiger partial charge in [-0.2, -0.15) is 0 Å². The number of imide groups is 1. The van der Waals surface area contributed by atoms with Gasteiger partial charge < -0.3 is 5.73 Å². The van der Waals surface area contributed by atoms with Gasteiger partial charge in [0.05, 0.1) is 11.1 Å². The summed E-state index contributed by atoms with van der Waals surface area (Å²) >= 11 is 2.76. The zero-order chi connectivity index (χ0) is 19.4. The maximum absolute atomic E-state index is 13.2. The monoisotopic (exact) mass is 408 g/mol. The van der Waals surface area contributed by atoms with E-state index in [2.05, 4.69) is 6.92 Å². The van der Waals surface area contributed by atoms with E-state index in [-0.39, 0.29) is 11.3 Å². The molecule has 1 aliphatic carbocycles. The third kappa shape index (κ3) is 4.52. The van der Waals surface area contributed by atoms with Crippen molar-refractivity contribution in [2.45, 2.75) is 63.6 Å². The van der Waals surface area contributed by atoms with E-state index >= 15 is 0 Å². The predicted octanol–water partition coefficient (Wildman–Crippen LogP) is 2.81. The molecule has 0 unspecified atom stereocenters. The molecule has 0 fully saturated rings. The molecule has 0 radical (unpaired) electrons. The lowest BCUT2D eigenvalue weighted by atomic mass is 10.2. The van der Waals surface area contributed by atoms with Gasteiger partial charge in [0.15, 0.2) is 5.16 Å². The van der Waals surface area contributed by atoms with Crippen molar-refractivity contribution in [3.05, 3.63) is 20.8 Å².